The number of ketones is 1. The molecule has 0 aromatic rings. The van der Waals surface area contributed by atoms with Crippen LogP contribution in [-0.2, 0) is 9.53 Å². The number of hydrogen-bond acceptors (Lipinski definition) is 2. The Hall–Kier alpha value is -0.370. The van der Waals surface area contributed by atoms with Gasteiger partial charge in [-0.1, -0.05) is 6.85 Å². The quantitative estimate of drug-likeness (QED) is 0.532. The van der Waals surface area contributed by atoms with Crippen LogP contribution in [0.5, 0.6) is 0 Å². The summed E-state index contributed by atoms with van der Waals surface area (Å²) in [5.41, 5.74) is 0. The molecule has 0 amide bonds. The zero-order valence-electron chi connectivity index (χ0n) is 11.5. The predicted octanol–water partition coefficient (Wildman–Crippen LogP) is 0.612. The SMILES string of the molecule is [2H]C([2H])([2H])CC(=O)C([2H])([2H])OC([2H])([2H])[2H]. The van der Waals surface area contributed by atoms with Crippen LogP contribution in [0.4, 0.5) is 0 Å². The second-order valence-electron chi connectivity index (χ2n) is 0.804. The van der Waals surface area contributed by atoms with Gasteiger partial charge in [-0.3, -0.25) is 4.79 Å². The van der Waals surface area contributed by atoms with Crippen LogP contribution in [0.25, 0.3) is 0 Å². The fraction of sp³-hybridized carbons (Fsp3) is 0.800. The lowest BCUT2D eigenvalue weighted by Crippen LogP contribution is -2.03. The van der Waals surface area contributed by atoms with Crippen molar-refractivity contribution in [3.05, 3.63) is 0 Å². The summed E-state index contributed by atoms with van der Waals surface area (Å²) in [4.78, 5) is 11.0. The van der Waals surface area contributed by atoms with Gasteiger partial charge < -0.3 is 4.74 Å². The van der Waals surface area contributed by atoms with E-state index in [1.165, 1.54) is 0 Å². The molecule has 0 unspecified atom stereocenters. The molecule has 0 N–H and O–H groups in total. The summed E-state index contributed by atoms with van der Waals surface area (Å²) < 4.78 is 57.7. The smallest absolute Gasteiger partial charge is 0.158 e. The lowest BCUT2D eigenvalue weighted by atomic mass is 10.3. The number of rotatable bonds is 3. The van der Waals surface area contributed by atoms with E-state index in [1.807, 2.05) is 0 Å². The first kappa shape index (κ1) is 1.13. The van der Waals surface area contributed by atoms with Crippen LogP contribution in [0, 0.1) is 0 Å². The van der Waals surface area contributed by atoms with Crippen molar-refractivity contribution >= 4 is 5.78 Å². The third kappa shape index (κ3) is 3.46. The largest absolute Gasteiger partial charge is 0.377 e. The van der Waals surface area contributed by atoms with Crippen LogP contribution < -0.4 is 0 Å². The van der Waals surface area contributed by atoms with Gasteiger partial charge in [0.05, 0.1) is 6.85 Å². The molecule has 0 radical (unpaired) electrons. The van der Waals surface area contributed by atoms with E-state index >= 15 is 0 Å². The Morgan fingerprint density at radius 2 is 3.00 bits per heavy atom. The minimum Gasteiger partial charge on any atom is -0.377 e. The maximum atomic E-state index is 11.0. The molecule has 0 saturated carbocycles. The average Bonchev–Trinajstić information content (AvgIpc) is 1.75. The van der Waals surface area contributed by atoms with Gasteiger partial charge in [-0.05, 0) is 0 Å². The fourth-order valence-electron chi connectivity index (χ4n) is 0.0930. The molecular formula is C5H10O2. The zero-order valence-corrected chi connectivity index (χ0v) is 3.52. The van der Waals surface area contributed by atoms with Crippen LogP contribution in [0.1, 0.15) is 24.2 Å². The second-order valence-corrected chi connectivity index (χ2v) is 0.804. The van der Waals surface area contributed by atoms with Gasteiger partial charge in [-0.25, -0.2) is 0 Å². The van der Waals surface area contributed by atoms with Crippen LogP contribution in [-0.4, -0.2) is 19.4 Å². The third-order valence-electron chi connectivity index (χ3n) is 0.325. The maximum absolute atomic E-state index is 11.0. The Bertz CT molecular complexity index is 238. The van der Waals surface area contributed by atoms with Gasteiger partial charge in [0.1, 0.15) is 6.56 Å². The number of ether oxygens (including phenoxy) is 1. The van der Waals surface area contributed by atoms with E-state index in [4.69, 9.17) is 11.0 Å². The molecule has 0 heterocycles. The molecule has 0 rings (SSSR count). The number of methoxy groups -OCH3 is 1. The number of carbonyl (C=O) groups is 1. The van der Waals surface area contributed by atoms with Crippen LogP contribution in [0.3, 0.4) is 0 Å². The van der Waals surface area contributed by atoms with Crippen molar-refractivity contribution in [2.75, 3.05) is 13.6 Å². The highest BCUT2D eigenvalue weighted by molar-refractivity contribution is 5.79. The number of Topliss-reactive ketones (excluding diaryl/α,β-unsaturated/α-hetero) is 1. The van der Waals surface area contributed by atoms with Crippen LogP contribution >= 0.6 is 0 Å². The molecule has 0 atom stereocenters. The first-order chi connectivity index (χ1) is 6.33. The molecule has 0 fully saturated rings. The van der Waals surface area contributed by atoms with Crippen molar-refractivity contribution in [3.63, 3.8) is 0 Å². The van der Waals surface area contributed by atoms with E-state index < -0.39 is 32.7 Å². The van der Waals surface area contributed by atoms with Gasteiger partial charge in [0, 0.05) is 17.6 Å². The predicted molar refractivity (Wildman–Crippen MR) is 27.2 cm³/mol. The minimum atomic E-state index is -3.11. The molecule has 0 aromatic carbocycles. The fourth-order valence-corrected chi connectivity index (χ4v) is 0.0930. The molecule has 2 nitrogen and oxygen atoms in total. The summed E-state index contributed by atoms with van der Waals surface area (Å²) in [5.74, 6) is -1.42. The molecule has 2 heteroatoms. The lowest BCUT2D eigenvalue weighted by molar-refractivity contribution is -0.122. The Kier molecular flexibility index (Phi) is 0.615. The van der Waals surface area contributed by atoms with Crippen molar-refractivity contribution in [2.45, 2.75) is 13.3 Å². The van der Waals surface area contributed by atoms with E-state index in [0.717, 1.165) is 0 Å². The standard InChI is InChI=1S/C5H10O2/c1-3-5(6)4-7-2/h3-4H2,1-2H3/i1D3,2D3,4D2. The molecule has 0 aliphatic rings. The zero-order chi connectivity index (χ0) is 12.5. The minimum absolute atomic E-state index is 1.07. The Morgan fingerprint density at radius 3 is 3.57 bits per heavy atom. The van der Waals surface area contributed by atoms with Crippen molar-refractivity contribution in [1.82, 2.24) is 0 Å². The van der Waals surface area contributed by atoms with E-state index in [-0.39, 0.29) is 0 Å². The number of hydrogen-bond donors (Lipinski definition) is 0. The summed E-state index contributed by atoms with van der Waals surface area (Å²) in [6.45, 7) is -5.76. The van der Waals surface area contributed by atoms with E-state index in [1.54, 1.807) is 0 Å². The highest BCUT2D eigenvalue weighted by atomic mass is 16.5. The third-order valence-corrected chi connectivity index (χ3v) is 0.325. The van der Waals surface area contributed by atoms with Gasteiger partial charge >= 0.3 is 0 Å². The first-order valence-electron chi connectivity index (χ1n) is 5.57. The Balaban J connectivity index is 4.54. The molecule has 0 bridgehead atoms. The highest BCUT2D eigenvalue weighted by Crippen LogP contribution is 1.78. The molecule has 7 heavy (non-hydrogen) atoms. The molecule has 42 valence electrons. The van der Waals surface area contributed by atoms with Crippen molar-refractivity contribution in [1.29, 1.82) is 0 Å². The molecule has 0 aromatic heterocycles. The molecule has 0 spiro atoms. The van der Waals surface area contributed by atoms with E-state index in [9.17, 15) is 4.79 Å². The topological polar surface area (TPSA) is 26.3 Å². The summed E-state index contributed by atoms with van der Waals surface area (Å²) >= 11 is 0. The van der Waals surface area contributed by atoms with Gasteiger partial charge in [-0.2, -0.15) is 0 Å². The summed E-state index contributed by atoms with van der Waals surface area (Å²) in [6, 6.07) is 0. The Labute approximate surface area is 54.7 Å². The van der Waals surface area contributed by atoms with Gasteiger partial charge in [-0.15, -0.1) is 0 Å². The normalized spacial score (nSPS) is 31.4. The average molecular weight is 110 g/mol. The molecular weight excluding hydrogens is 92.1 g/mol. The molecule has 0 aliphatic carbocycles. The molecule has 0 saturated heterocycles. The lowest BCUT2D eigenvalue weighted by Gasteiger charge is -1.89. The van der Waals surface area contributed by atoms with Crippen molar-refractivity contribution in [2.24, 2.45) is 0 Å². The number of carbonyl (C=O) groups excluding carboxylic acids is 1. The summed E-state index contributed by atoms with van der Waals surface area (Å²) in [5, 5.41) is 0. The maximum Gasteiger partial charge on any atom is 0.158 e. The monoisotopic (exact) mass is 110 g/mol. The van der Waals surface area contributed by atoms with Gasteiger partial charge in [0.2, 0.25) is 0 Å². The van der Waals surface area contributed by atoms with Crippen molar-refractivity contribution < 1.29 is 20.5 Å². The van der Waals surface area contributed by atoms with E-state index in [0.29, 0.717) is 0 Å². The second kappa shape index (κ2) is 3.81. The molecule has 0 aliphatic heterocycles. The highest BCUT2D eigenvalue weighted by Gasteiger charge is 1.91. The van der Waals surface area contributed by atoms with Crippen LogP contribution in [0.15, 0.2) is 0 Å². The Morgan fingerprint density at radius 1 is 2.14 bits per heavy atom. The summed E-state index contributed by atoms with van der Waals surface area (Å²) in [6.07, 6.45) is -1.07. The van der Waals surface area contributed by atoms with Gasteiger partial charge in [0.25, 0.3) is 0 Å². The summed E-state index contributed by atoms with van der Waals surface area (Å²) in [7, 11) is -3.09. The first-order valence-corrected chi connectivity index (χ1v) is 1.57. The van der Waals surface area contributed by atoms with Gasteiger partial charge in [0.15, 0.2) is 5.78 Å². The van der Waals surface area contributed by atoms with Crippen molar-refractivity contribution in [3.8, 4) is 0 Å². The van der Waals surface area contributed by atoms with E-state index in [2.05, 4.69) is 4.74 Å². The van der Waals surface area contributed by atoms with Crippen LogP contribution in [0.2, 0.25) is 0 Å².